The number of aromatic carboxylic acids is 1. The predicted molar refractivity (Wildman–Crippen MR) is 64.7 cm³/mol. The minimum atomic E-state index is -1.09. The van der Waals surface area contributed by atoms with Crippen molar-refractivity contribution in [2.45, 2.75) is 13.8 Å². The molecule has 0 fully saturated rings. The summed E-state index contributed by atoms with van der Waals surface area (Å²) in [5.74, 6) is -2.28. The van der Waals surface area contributed by atoms with E-state index in [1.165, 1.54) is 12.1 Å². The third kappa shape index (κ3) is 5.64. The van der Waals surface area contributed by atoms with Crippen LogP contribution in [0, 0.1) is 0 Å². The number of carboxylic acids is 2. The molecule has 0 aliphatic carbocycles. The first-order chi connectivity index (χ1) is 8.40. The van der Waals surface area contributed by atoms with Crippen molar-refractivity contribution in [1.82, 2.24) is 5.32 Å². The summed E-state index contributed by atoms with van der Waals surface area (Å²) in [6.45, 7) is 3.34. The molecule has 3 N–H and O–H groups in total. The second kappa shape index (κ2) is 7.83. The average Bonchev–Trinajstić information content (AvgIpc) is 2.28. The number of hydrogen-bond donors (Lipinski definition) is 3. The van der Waals surface area contributed by atoms with Gasteiger partial charge in [0.25, 0.3) is 11.9 Å². The molecule has 0 unspecified atom stereocenters. The lowest BCUT2D eigenvalue weighted by atomic mass is 10.1. The summed E-state index contributed by atoms with van der Waals surface area (Å²) >= 11 is 0. The highest BCUT2D eigenvalue weighted by Crippen LogP contribution is 2.08. The van der Waals surface area contributed by atoms with Crippen LogP contribution in [-0.2, 0) is 4.79 Å². The molecule has 1 amide bonds. The zero-order valence-corrected chi connectivity index (χ0v) is 10.1. The van der Waals surface area contributed by atoms with E-state index in [0.717, 1.165) is 6.92 Å². The molecule has 0 saturated heterocycles. The zero-order valence-electron chi connectivity index (χ0n) is 10.1. The molecule has 0 aliphatic heterocycles. The van der Waals surface area contributed by atoms with Gasteiger partial charge in [-0.1, -0.05) is 12.1 Å². The van der Waals surface area contributed by atoms with Crippen molar-refractivity contribution < 1.29 is 24.6 Å². The van der Waals surface area contributed by atoms with Crippen LogP contribution < -0.4 is 5.32 Å². The van der Waals surface area contributed by atoms with Crippen LogP contribution in [-0.4, -0.2) is 34.6 Å². The number of aliphatic carboxylic acids is 1. The van der Waals surface area contributed by atoms with Gasteiger partial charge in [0.2, 0.25) is 0 Å². The predicted octanol–water partition coefficient (Wildman–Crippen LogP) is 1.23. The van der Waals surface area contributed by atoms with Crippen LogP contribution in [0.25, 0.3) is 0 Å². The fourth-order valence-corrected chi connectivity index (χ4v) is 1.12. The number of carboxylic acid groups (broad SMARTS) is 2. The van der Waals surface area contributed by atoms with Crippen molar-refractivity contribution in [2.24, 2.45) is 0 Å². The molecule has 6 nitrogen and oxygen atoms in total. The SMILES string of the molecule is CC(=O)O.CCNC(=O)c1ccccc1C(=O)O. The third-order valence-electron chi connectivity index (χ3n) is 1.74. The van der Waals surface area contributed by atoms with Crippen molar-refractivity contribution in [1.29, 1.82) is 0 Å². The van der Waals surface area contributed by atoms with Gasteiger partial charge in [-0.3, -0.25) is 9.59 Å². The lowest BCUT2D eigenvalue weighted by molar-refractivity contribution is -0.134. The molecule has 0 heterocycles. The normalized spacial score (nSPS) is 8.78. The van der Waals surface area contributed by atoms with Crippen molar-refractivity contribution in [3.8, 4) is 0 Å². The second-order valence-electron chi connectivity index (χ2n) is 3.23. The van der Waals surface area contributed by atoms with E-state index in [0.29, 0.717) is 6.54 Å². The molecule has 0 aromatic heterocycles. The molecule has 1 aromatic rings. The maximum Gasteiger partial charge on any atom is 0.336 e. The lowest BCUT2D eigenvalue weighted by Crippen LogP contribution is -2.24. The van der Waals surface area contributed by atoms with Crippen molar-refractivity contribution in [3.05, 3.63) is 35.4 Å². The van der Waals surface area contributed by atoms with Crippen molar-refractivity contribution >= 4 is 17.8 Å². The van der Waals surface area contributed by atoms with Gasteiger partial charge in [0.05, 0.1) is 11.1 Å². The molecule has 0 aliphatic rings. The van der Waals surface area contributed by atoms with Gasteiger partial charge in [0.1, 0.15) is 0 Å². The van der Waals surface area contributed by atoms with Gasteiger partial charge in [-0.15, -0.1) is 0 Å². The summed E-state index contributed by atoms with van der Waals surface area (Å²) in [7, 11) is 0. The Labute approximate surface area is 104 Å². The van der Waals surface area contributed by atoms with Gasteiger partial charge in [0, 0.05) is 13.5 Å². The smallest absolute Gasteiger partial charge is 0.336 e. The first kappa shape index (κ1) is 15.6. The number of amides is 1. The van der Waals surface area contributed by atoms with Crippen molar-refractivity contribution in [3.63, 3.8) is 0 Å². The summed E-state index contributed by atoms with van der Waals surface area (Å²) < 4.78 is 0. The van der Waals surface area contributed by atoms with Gasteiger partial charge >= 0.3 is 5.97 Å². The maximum atomic E-state index is 11.4. The Hall–Kier alpha value is -2.37. The third-order valence-corrected chi connectivity index (χ3v) is 1.74. The van der Waals surface area contributed by atoms with Crippen LogP contribution in [0.15, 0.2) is 24.3 Å². The van der Waals surface area contributed by atoms with Gasteiger partial charge in [-0.05, 0) is 19.1 Å². The Kier molecular flexibility index (Phi) is 6.80. The second-order valence-corrected chi connectivity index (χ2v) is 3.23. The standard InChI is InChI=1S/C10H11NO3.C2H4O2/c1-2-11-9(12)7-5-3-4-6-8(7)10(13)14;1-2(3)4/h3-6H,2H2,1H3,(H,11,12)(H,13,14);1H3,(H,3,4). The van der Waals surface area contributed by atoms with E-state index in [-0.39, 0.29) is 17.0 Å². The number of hydrogen-bond acceptors (Lipinski definition) is 3. The van der Waals surface area contributed by atoms with Gasteiger partial charge in [-0.25, -0.2) is 4.79 Å². The van der Waals surface area contributed by atoms with Gasteiger partial charge in [-0.2, -0.15) is 0 Å². The number of benzene rings is 1. The van der Waals surface area contributed by atoms with Crippen molar-refractivity contribution in [2.75, 3.05) is 6.54 Å². The number of carbonyl (C=O) groups is 3. The Morgan fingerprint density at radius 2 is 1.56 bits per heavy atom. The monoisotopic (exact) mass is 253 g/mol. The fourth-order valence-electron chi connectivity index (χ4n) is 1.12. The van der Waals surface area contributed by atoms with E-state index < -0.39 is 11.9 Å². The molecule has 6 heteroatoms. The lowest BCUT2D eigenvalue weighted by Gasteiger charge is -2.04. The van der Waals surface area contributed by atoms with Gasteiger partial charge in [0.15, 0.2) is 0 Å². The van der Waals surface area contributed by atoms with E-state index in [4.69, 9.17) is 15.0 Å². The quantitative estimate of drug-likeness (QED) is 0.751. The molecule has 0 spiro atoms. The molecule has 18 heavy (non-hydrogen) atoms. The molecule has 1 rings (SSSR count). The van der Waals surface area contributed by atoms with E-state index >= 15 is 0 Å². The molecule has 0 radical (unpaired) electrons. The van der Waals surface area contributed by atoms with E-state index in [1.807, 2.05) is 0 Å². The molecular formula is C12H15NO5. The summed E-state index contributed by atoms with van der Waals surface area (Å²) in [5, 5.41) is 18.8. The molecule has 0 atom stereocenters. The number of rotatable bonds is 3. The Morgan fingerprint density at radius 1 is 1.11 bits per heavy atom. The topological polar surface area (TPSA) is 104 Å². The molecular weight excluding hydrogens is 238 g/mol. The first-order valence-corrected chi connectivity index (χ1v) is 5.20. The summed E-state index contributed by atoms with van der Waals surface area (Å²) in [5.41, 5.74) is 0.223. The van der Waals surface area contributed by atoms with Gasteiger partial charge < -0.3 is 15.5 Å². The highest BCUT2D eigenvalue weighted by Gasteiger charge is 2.14. The van der Waals surface area contributed by atoms with Crippen LogP contribution >= 0.6 is 0 Å². The fraction of sp³-hybridized carbons (Fsp3) is 0.250. The van der Waals surface area contributed by atoms with E-state index in [9.17, 15) is 9.59 Å². The Bertz CT molecular complexity index is 438. The minimum absolute atomic E-state index is 0.0263. The average molecular weight is 253 g/mol. The molecule has 0 saturated carbocycles. The number of carbonyl (C=O) groups excluding carboxylic acids is 1. The maximum absolute atomic E-state index is 11.4. The Morgan fingerprint density at radius 3 is 1.94 bits per heavy atom. The Balaban J connectivity index is 0.000000631. The van der Waals surface area contributed by atoms with E-state index in [2.05, 4.69) is 5.32 Å². The van der Waals surface area contributed by atoms with E-state index in [1.54, 1.807) is 19.1 Å². The minimum Gasteiger partial charge on any atom is -0.481 e. The highest BCUT2D eigenvalue weighted by atomic mass is 16.4. The van der Waals surface area contributed by atoms with Crippen LogP contribution in [0.3, 0.4) is 0 Å². The number of nitrogens with one attached hydrogen (secondary N) is 1. The molecule has 1 aromatic carbocycles. The molecule has 98 valence electrons. The summed E-state index contributed by atoms with van der Waals surface area (Å²) in [4.78, 5) is 31.1. The largest absolute Gasteiger partial charge is 0.481 e. The first-order valence-electron chi connectivity index (χ1n) is 5.20. The van der Waals surface area contributed by atoms with Crippen LogP contribution in [0.5, 0.6) is 0 Å². The van der Waals surface area contributed by atoms with Crippen LogP contribution in [0.4, 0.5) is 0 Å². The van der Waals surface area contributed by atoms with Crippen LogP contribution in [0.2, 0.25) is 0 Å². The van der Waals surface area contributed by atoms with Crippen LogP contribution in [0.1, 0.15) is 34.6 Å². The zero-order chi connectivity index (χ0) is 14.1. The molecule has 0 bridgehead atoms. The summed E-state index contributed by atoms with van der Waals surface area (Å²) in [6.07, 6.45) is 0. The summed E-state index contributed by atoms with van der Waals surface area (Å²) in [6, 6.07) is 6.13. The highest BCUT2D eigenvalue weighted by molar-refractivity contribution is 6.04.